The van der Waals surface area contributed by atoms with E-state index in [1.165, 1.54) is 19.2 Å². The van der Waals surface area contributed by atoms with E-state index >= 15 is 0 Å². The molecule has 110 valence electrons. The molecule has 0 amide bonds. The molecule has 1 heterocycles. The monoisotopic (exact) mass is 367 g/mol. The maximum atomic E-state index is 14.0. The SMILES string of the molecule is CN1C(N)=N[C@](CF)(c2cc(Br)ccc2F)CS1(=O)=O. The molecule has 0 radical (unpaired) electrons. The van der Waals surface area contributed by atoms with E-state index in [0.29, 0.717) is 4.47 Å². The van der Waals surface area contributed by atoms with Crippen molar-refractivity contribution in [1.82, 2.24) is 4.31 Å². The number of sulfonamides is 1. The first-order chi connectivity index (χ1) is 9.22. The zero-order chi connectivity index (χ0) is 15.1. The third kappa shape index (κ3) is 2.39. The molecule has 0 fully saturated rings. The molecule has 2 rings (SSSR count). The molecule has 0 saturated heterocycles. The molecule has 0 bridgehead atoms. The van der Waals surface area contributed by atoms with E-state index in [1.807, 2.05) is 0 Å². The number of halogens is 3. The lowest BCUT2D eigenvalue weighted by atomic mass is 9.93. The maximum Gasteiger partial charge on any atom is 0.240 e. The Morgan fingerprint density at radius 1 is 1.55 bits per heavy atom. The van der Waals surface area contributed by atoms with Gasteiger partial charge in [-0.05, 0) is 18.2 Å². The molecule has 1 aliphatic heterocycles. The number of guanidine groups is 1. The van der Waals surface area contributed by atoms with Gasteiger partial charge >= 0.3 is 0 Å². The minimum atomic E-state index is -3.85. The highest BCUT2D eigenvalue weighted by molar-refractivity contribution is 9.10. The van der Waals surface area contributed by atoms with Crippen molar-refractivity contribution in [2.45, 2.75) is 5.54 Å². The number of benzene rings is 1. The van der Waals surface area contributed by atoms with Gasteiger partial charge in [0, 0.05) is 17.1 Å². The molecule has 0 unspecified atom stereocenters. The number of aliphatic imine (C=N–C) groups is 1. The summed E-state index contributed by atoms with van der Waals surface area (Å²) in [5, 5.41) is 0. The van der Waals surface area contributed by atoms with E-state index < -0.39 is 33.8 Å². The first-order valence-corrected chi connectivity index (χ1v) is 7.95. The van der Waals surface area contributed by atoms with Gasteiger partial charge in [0.15, 0.2) is 0 Å². The number of nitrogens with zero attached hydrogens (tertiary/aromatic N) is 2. The molecule has 0 saturated carbocycles. The van der Waals surface area contributed by atoms with Crippen molar-refractivity contribution in [3.8, 4) is 0 Å². The van der Waals surface area contributed by atoms with Crippen LogP contribution in [0.15, 0.2) is 27.7 Å². The Morgan fingerprint density at radius 3 is 2.75 bits per heavy atom. The van der Waals surface area contributed by atoms with Crippen molar-refractivity contribution < 1.29 is 17.2 Å². The van der Waals surface area contributed by atoms with Crippen LogP contribution < -0.4 is 5.73 Å². The average molecular weight is 368 g/mol. The Bertz CT molecular complexity index is 680. The van der Waals surface area contributed by atoms with Crippen molar-refractivity contribution >= 4 is 31.9 Å². The second-order valence-corrected chi connectivity index (χ2v) is 7.40. The summed E-state index contributed by atoms with van der Waals surface area (Å²) < 4.78 is 52.8. The van der Waals surface area contributed by atoms with Crippen LogP contribution >= 0.6 is 15.9 Å². The summed E-state index contributed by atoms with van der Waals surface area (Å²) in [4.78, 5) is 3.89. The van der Waals surface area contributed by atoms with Crippen molar-refractivity contribution in [3.05, 3.63) is 34.1 Å². The average Bonchev–Trinajstić information content (AvgIpc) is 2.38. The van der Waals surface area contributed by atoms with Gasteiger partial charge in [-0.3, -0.25) is 0 Å². The van der Waals surface area contributed by atoms with E-state index in [1.54, 1.807) is 0 Å². The molecule has 9 heteroatoms. The molecular weight excluding hydrogens is 356 g/mol. The fourth-order valence-corrected chi connectivity index (χ4v) is 3.78. The predicted octanol–water partition coefficient (Wildman–Crippen LogP) is 1.34. The van der Waals surface area contributed by atoms with Crippen LogP contribution in [0.4, 0.5) is 8.78 Å². The van der Waals surface area contributed by atoms with Crippen LogP contribution in [-0.4, -0.2) is 38.2 Å². The molecule has 1 aliphatic rings. The first kappa shape index (κ1) is 15.2. The first-order valence-electron chi connectivity index (χ1n) is 5.55. The Kier molecular flexibility index (Phi) is 3.76. The summed E-state index contributed by atoms with van der Waals surface area (Å²) in [6.07, 6.45) is 0. The van der Waals surface area contributed by atoms with Crippen molar-refractivity contribution in [1.29, 1.82) is 0 Å². The minimum Gasteiger partial charge on any atom is -0.369 e. The van der Waals surface area contributed by atoms with Gasteiger partial charge in [0.1, 0.15) is 23.8 Å². The molecule has 1 aromatic carbocycles. The van der Waals surface area contributed by atoms with Gasteiger partial charge in [0.05, 0.1) is 0 Å². The van der Waals surface area contributed by atoms with Crippen LogP contribution in [0, 0.1) is 5.82 Å². The second-order valence-electron chi connectivity index (χ2n) is 4.48. The quantitative estimate of drug-likeness (QED) is 0.856. The van der Waals surface area contributed by atoms with Gasteiger partial charge in [-0.2, -0.15) is 0 Å². The minimum absolute atomic E-state index is 0.144. The number of alkyl halides is 1. The summed E-state index contributed by atoms with van der Waals surface area (Å²) in [5.74, 6) is -1.78. The predicted molar refractivity (Wildman–Crippen MR) is 74.9 cm³/mol. The molecule has 0 aromatic heterocycles. The lowest BCUT2D eigenvalue weighted by Gasteiger charge is -2.35. The molecule has 0 aliphatic carbocycles. The third-order valence-electron chi connectivity index (χ3n) is 3.14. The van der Waals surface area contributed by atoms with Gasteiger partial charge in [0.2, 0.25) is 16.0 Å². The van der Waals surface area contributed by atoms with Gasteiger partial charge in [0.25, 0.3) is 0 Å². The Labute approximate surface area is 123 Å². The van der Waals surface area contributed by atoms with E-state index in [-0.39, 0.29) is 11.5 Å². The topological polar surface area (TPSA) is 75.8 Å². The van der Waals surface area contributed by atoms with E-state index in [2.05, 4.69) is 20.9 Å². The molecular formula is C11H12BrF2N3O2S. The number of rotatable bonds is 2. The maximum absolute atomic E-state index is 14.0. The van der Waals surface area contributed by atoms with E-state index in [0.717, 1.165) is 10.4 Å². The van der Waals surface area contributed by atoms with Crippen LogP contribution in [0.2, 0.25) is 0 Å². The molecule has 0 spiro atoms. The molecule has 2 N–H and O–H groups in total. The summed E-state index contributed by atoms with van der Waals surface area (Å²) >= 11 is 3.14. The van der Waals surface area contributed by atoms with Crippen LogP contribution in [0.5, 0.6) is 0 Å². The molecule has 1 atom stereocenters. The van der Waals surface area contributed by atoms with Crippen LogP contribution in [0.1, 0.15) is 5.56 Å². The second kappa shape index (κ2) is 4.96. The number of nitrogens with two attached hydrogens (primary N) is 1. The normalized spacial score (nSPS) is 25.4. The fraction of sp³-hybridized carbons (Fsp3) is 0.364. The number of hydrogen-bond donors (Lipinski definition) is 1. The zero-order valence-electron chi connectivity index (χ0n) is 10.5. The smallest absolute Gasteiger partial charge is 0.240 e. The highest BCUT2D eigenvalue weighted by Gasteiger charge is 2.45. The molecule has 1 aromatic rings. The highest BCUT2D eigenvalue weighted by atomic mass is 79.9. The van der Waals surface area contributed by atoms with E-state index in [9.17, 15) is 17.2 Å². The molecule has 20 heavy (non-hydrogen) atoms. The number of hydrogen-bond acceptors (Lipinski definition) is 4. The highest BCUT2D eigenvalue weighted by Crippen LogP contribution is 2.35. The summed E-state index contributed by atoms with van der Waals surface area (Å²) in [6, 6.07) is 3.86. The lowest BCUT2D eigenvalue weighted by molar-refractivity contribution is 0.319. The zero-order valence-corrected chi connectivity index (χ0v) is 12.9. The summed E-state index contributed by atoms with van der Waals surface area (Å²) in [7, 11) is -2.64. The van der Waals surface area contributed by atoms with Crippen LogP contribution in [-0.2, 0) is 15.6 Å². The molecule has 5 nitrogen and oxygen atoms in total. The van der Waals surface area contributed by atoms with E-state index in [4.69, 9.17) is 5.73 Å². The fourth-order valence-electron chi connectivity index (χ4n) is 2.00. The Hall–Kier alpha value is -1.22. The largest absolute Gasteiger partial charge is 0.369 e. The van der Waals surface area contributed by atoms with Crippen LogP contribution in [0.3, 0.4) is 0 Å². The third-order valence-corrected chi connectivity index (χ3v) is 5.50. The van der Waals surface area contributed by atoms with Gasteiger partial charge in [-0.1, -0.05) is 15.9 Å². The van der Waals surface area contributed by atoms with Crippen molar-refractivity contribution in [3.63, 3.8) is 0 Å². The standard InChI is InChI=1S/C11H12BrF2N3O2S/c1-17-10(15)16-11(5-13,6-20(17,18)19)8-4-7(12)2-3-9(8)14/h2-4H,5-6H2,1H3,(H2,15,16)/t11-/m0/s1. The lowest BCUT2D eigenvalue weighted by Crippen LogP contribution is -2.52. The van der Waals surface area contributed by atoms with Crippen molar-refractivity contribution in [2.75, 3.05) is 19.5 Å². The summed E-state index contributed by atoms with van der Waals surface area (Å²) in [5.41, 5.74) is 3.52. The Balaban J connectivity index is 2.70. The van der Waals surface area contributed by atoms with Gasteiger partial charge in [-0.15, -0.1) is 0 Å². The van der Waals surface area contributed by atoms with Gasteiger partial charge in [-0.25, -0.2) is 26.5 Å². The Morgan fingerprint density at radius 2 is 2.20 bits per heavy atom. The van der Waals surface area contributed by atoms with Crippen molar-refractivity contribution in [2.24, 2.45) is 10.7 Å². The van der Waals surface area contributed by atoms with Gasteiger partial charge < -0.3 is 5.73 Å². The van der Waals surface area contributed by atoms with Crippen LogP contribution in [0.25, 0.3) is 0 Å². The summed E-state index contributed by atoms with van der Waals surface area (Å²) in [6.45, 7) is -1.17.